The number of carbonyl (C=O) groups is 1. The summed E-state index contributed by atoms with van der Waals surface area (Å²) < 4.78 is 0. The van der Waals surface area contributed by atoms with Crippen molar-refractivity contribution in [1.82, 2.24) is 20.2 Å². The van der Waals surface area contributed by atoms with E-state index < -0.39 is 0 Å². The molecule has 3 aromatic rings. The van der Waals surface area contributed by atoms with Crippen molar-refractivity contribution in [2.45, 2.75) is 31.8 Å². The Kier molecular flexibility index (Phi) is 5.65. The number of aromatic nitrogens is 2. The molecular weight excluding hydrogens is 356 g/mol. The number of thiophene rings is 1. The maximum atomic E-state index is 12.4. The van der Waals surface area contributed by atoms with Gasteiger partial charge in [0.2, 0.25) is 0 Å². The topological polar surface area (TPSA) is 61.0 Å². The van der Waals surface area contributed by atoms with E-state index in [-0.39, 0.29) is 5.91 Å². The molecule has 0 aliphatic carbocycles. The van der Waals surface area contributed by atoms with Crippen molar-refractivity contribution in [2.24, 2.45) is 0 Å². The van der Waals surface area contributed by atoms with Crippen LogP contribution in [0.2, 0.25) is 0 Å². The van der Waals surface area contributed by atoms with Crippen LogP contribution in [0.3, 0.4) is 0 Å². The zero-order valence-corrected chi connectivity index (χ0v) is 16.0. The maximum absolute atomic E-state index is 12.4. The van der Waals surface area contributed by atoms with Crippen molar-refractivity contribution in [3.05, 3.63) is 76.0 Å². The molecule has 4 rings (SSSR count). The van der Waals surface area contributed by atoms with Crippen molar-refractivity contribution in [2.75, 3.05) is 13.1 Å². The van der Waals surface area contributed by atoms with Crippen LogP contribution in [-0.2, 0) is 13.0 Å². The molecule has 1 aromatic carbocycles. The summed E-state index contributed by atoms with van der Waals surface area (Å²) in [6.07, 6.45) is 6.91. The van der Waals surface area contributed by atoms with E-state index >= 15 is 0 Å². The minimum atomic E-state index is -0.0310. The molecule has 1 fully saturated rings. The molecule has 140 valence electrons. The molecule has 1 saturated heterocycles. The van der Waals surface area contributed by atoms with Gasteiger partial charge in [0.25, 0.3) is 5.91 Å². The standard InChI is InChI=1S/C21H24N4OS/c26-21(24-15-20-22-11-12-23-20)19-9-8-18(27-19)17-7-4-13-25(17)14-10-16-5-2-1-3-6-16/h1-3,5-6,8-9,11-12,17H,4,7,10,13-15H2,(H,22,23)(H,24,26)/t17-/m0/s1. The number of nitrogens with zero attached hydrogens (tertiary/aromatic N) is 2. The summed E-state index contributed by atoms with van der Waals surface area (Å²) in [7, 11) is 0. The van der Waals surface area contributed by atoms with Crippen LogP contribution < -0.4 is 5.32 Å². The zero-order chi connectivity index (χ0) is 18.5. The normalized spacial score (nSPS) is 17.3. The van der Waals surface area contributed by atoms with Crippen LogP contribution in [0.4, 0.5) is 0 Å². The highest BCUT2D eigenvalue weighted by atomic mass is 32.1. The van der Waals surface area contributed by atoms with Crippen LogP contribution in [0.5, 0.6) is 0 Å². The number of hydrogen-bond acceptors (Lipinski definition) is 4. The van der Waals surface area contributed by atoms with Crippen molar-refractivity contribution in [3.8, 4) is 0 Å². The third-order valence-corrected chi connectivity index (χ3v) is 6.23. The number of imidazole rings is 1. The predicted molar refractivity (Wildman–Crippen MR) is 108 cm³/mol. The number of H-pyrrole nitrogens is 1. The summed E-state index contributed by atoms with van der Waals surface area (Å²) in [4.78, 5) is 24.2. The smallest absolute Gasteiger partial charge is 0.261 e. The van der Waals surface area contributed by atoms with Crippen LogP contribution in [0.25, 0.3) is 0 Å². The van der Waals surface area contributed by atoms with Crippen molar-refractivity contribution in [3.63, 3.8) is 0 Å². The number of carbonyl (C=O) groups excluding carboxylic acids is 1. The van der Waals surface area contributed by atoms with Gasteiger partial charge in [0.15, 0.2) is 0 Å². The Hall–Kier alpha value is -2.44. The van der Waals surface area contributed by atoms with Gasteiger partial charge >= 0.3 is 0 Å². The van der Waals surface area contributed by atoms with Gasteiger partial charge in [-0.25, -0.2) is 4.98 Å². The Labute approximate surface area is 163 Å². The SMILES string of the molecule is O=C(NCc1ncc[nH]1)c1ccc([C@@H]2CCCN2CCc2ccccc2)s1. The lowest BCUT2D eigenvalue weighted by Crippen LogP contribution is -2.25. The van der Waals surface area contributed by atoms with Crippen LogP contribution in [0.15, 0.2) is 54.9 Å². The molecule has 1 aliphatic heterocycles. The van der Waals surface area contributed by atoms with E-state index in [9.17, 15) is 4.79 Å². The van der Waals surface area contributed by atoms with Crippen LogP contribution in [0.1, 0.15) is 44.8 Å². The molecule has 0 bridgehead atoms. The lowest BCUT2D eigenvalue weighted by Gasteiger charge is -2.23. The fourth-order valence-corrected chi connectivity index (χ4v) is 4.73. The maximum Gasteiger partial charge on any atom is 0.261 e. The first-order valence-corrected chi connectivity index (χ1v) is 10.3. The van der Waals surface area contributed by atoms with Crippen LogP contribution in [0, 0.1) is 0 Å². The fraction of sp³-hybridized carbons (Fsp3) is 0.333. The van der Waals surface area contributed by atoms with Crippen molar-refractivity contribution in [1.29, 1.82) is 0 Å². The van der Waals surface area contributed by atoms with Gasteiger partial charge in [-0.15, -0.1) is 11.3 Å². The zero-order valence-electron chi connectivity index (χ0n) is 15.2. The number of rotatable bonds is 7. The van der Waals surface area contributed by atoms with Crippen LogP contribution >= 0.6 is 11.3 Å². The van der Waals surface area contributed by atoms with Gasteiger partial charge in [0.1, 0.15) is 5.82 Å². The van der Waals surface area contributed by atoms with Gasteiger partial charge in [-0.3, -0.25) is 9.69 Å². The molecule has 0 unspecified atom stereocenters. The van der Waals surface area contributed by atoms with Crippen LogP contribution in [-0.4, -0.2) is 33.9 Å². The molecule has 1 atom stereocenters. The second-order valence-corrected chi connectivity index (χ2v) is 7.97. The molecule has 5 nitrogen and oxygen atoms in total. The monoisotopic (exact) mass is 380 g/mol. The molecule has 2 N–H and O–H groups in total. The minimum absolute atomic E-state index is 0.0310. The summed E-state index contributed by atoms with van der Waals surface area (Å²) in [5, 5.41) is 2.93. The average Bonchev–Trinajstić information content (AvgIpc) is 3.46. The summed E-state index contributed by atoms with van der Waals surface area (Å²) in [5.41, 5.74) is 1.38. The second-order valence-electron chi connectivity index (χ2n) is 6.85. The van der Waals surface area contributed by atoms with E-state index in [1.165, 1.54) is 23.3 Å². The predicted octanol–water partition coefficient (Wildman–Crippen LogP) is 3.78. The second kappa shape index (κ2) is 8.50. The number of amides is 1. The quantitative estimate of drug-likeness (QED) is 0.656. The fourth-order valence-electron chi connectivity index (χ4n) is 3.63. The Morgan fingerprint density at radius 3 is 2.96 bits per heavy atom. The molecule has 0 saturated carbocycles. The average molecular weight is 381 g/mol. The first-order valence-electron chi connectivity index (χ1n) is 9.44. The lowest BCUT2D eigenvalue weighted by atomic mass is 10.1. The van der Waals surface area contributed by atoms with E-state index in [1.807, 2.05) is 6.07 Å². The van der Waals surface area contributed by atoms with E-state index in [0.717, 1.165) is 30.2 Å². The van der Waals surface area contributed by atoms with Crippen molar-refractivity contribution >= 4 is 17.2 Å². The molecule has 0 radical (unpaired) electrons. The molecule has 0 spiro atoms. The first kappa shape index (κ1) is 17.9. The van der Waals surface area contributed by atoms with Gasteiger partial charge in [0, 0.05) is 29.9 Å². The number of hydrogen-bond donors (Lipinski definition) is 2. The van der Waals surface area contributed by atoms with E-state index in [1.54, 1.807) is 23.7 Å². The Bertz CT molecular complexity index is 859. The molecule has 1 aliphatic rings. The minimum Gasteiger partial charge on any atom is -0.347 e. The van der Waals surface area contributed by atoms with Gasteiger partial charge in [0.05, 0.1) is 11.4 Å². The Morgan fingerprint density at radius 1 is 1.26 bits per heavy atom. The molecular formula is C21H24N4OS. The molecule has 6 heteroatoms. The Balaban J connectivity index is 1.35. The van der Waals surface area contributed by atoms with E-state index in [0.29, 0.717) is 12.6 Å². The summed E-state index contributed by atoms with van der Waals surface area (Å²) in [6.45, 7) is 2.62. The Morgan fingerprint density at radius 2 is 2.15 bits per heavy atom. The molecule has 27 heavy (non-hydrogen) atoms. The largest absolute Gasteiger partial charge is 0.347 e. The molecule has 3 heterocycles. The summed E-state index contributed by atoms with van der Waals surface area (Å²) in [6, 6.07) is 15.2. The first-order chi connectivity index (χ1) is 13.3. The van der Waals surface area contributed by atoms with Gasteiger partial charge < -0.3 is 10.3 Å². The van der Waals surface area contributed by atoms with Crippen molar-refractivity contribution < 1.29 is 4.79 Å². The summed E-state index contributed by atoms with van der Waals surface area (Å²) in [5.74, 6) is 0.736. The highest BCUT2D eigenvalue weighted by molar-refractivity contribution is 7.14. The number of nitrogens with one attached hydrogen (secondary N) is 2. The number of aromatic amines is 1. The van der Waals surface area contributed by atoms with Gasteiger partial charge in [-0.1, -0.05) is 30.3 Å². The highest BCUT2D eigenvalue weighted by Crippen LogP contribution is 2.35. The highest BCUT2D eigenvalue weighted by Gasteiger charge is 2.27. The van der Waals surface area contributed by atoms with Gasteiger partial charge in [-0.2, -0.15) is 0 Å². The molecule has 2 aromatic heterocycles. The summed E-state index contributed by atoms with van der Waals surface area (Å²) >= 11 is 1.62. The third-order valence-electron chi connectivity index (χ3n) is 5.04. The third kappa shape index (κ3) is 4.46. The lowest BCUT2D eigenvalue weighted by molar-refractivity contribution is 0.0954. The van der Waals surface area contributed by atoms with E-state index in [2.05, 4.69) is 56.6 Å². The number of benzene rings is 1. The van der Waals surface area contributed by atoms with E-state index in [4.69, 9.17) is 0 Å². The molecule has 1 amide bonds. The number of likely N-dealkylation sites (tertiary alicyclic amines) is 1. The van der Waals surface area contributed by atoms with Gasteiger partial charge in [-0.05, 0) is 43.5 Å².